The topological polar surface area (TPSA) is 55.9 Å². The molecule has 1 N–H and O–H groups in total. The first-order valence-corrected chi connectivity index (χ1v) is 10.2. The third-order valence-electron chi connectivity index (χ3n) is 5.66. The first kappa shape index (κ1) is 19.7. The van der Waals surface area contributed by atoms with Gasteiger partial charge in [-0.3, -0.25) is 4.79 Å². The largest absolute Gasteiger partial charge is 0.326 e. The molecule has 1 aromatic carbocycles. The SMILES string of the molecule is C[C@@H]1CCC(=O)N1c1cccc(NC(=O)N(C)CCN2CCCCCC2)c1. The Labute approximate surface area is 162 Å². The standard InChI is InChI=1S/C21H32N4O2/c1-17-10-11-20(26)25(17)19-9-7-8-18(16-19)22-21(27)23(2)14-15-24-12-5-3-4-6-13-24/h7-9,16-17H,3-6,10-15H2,1-2H3,(H,22,27)/t17-/m1/s1. The molecule has 3 rings (SSSR count). The van der Waals surface area contributed by atoms with Crippen molar-refractivity contribution in [1.29, 1.82) is 0 Å². The van der Waals surface area contributed by atoms with Crippen LogP contribution in [0.5, 0.6) is 0 Å². The molecular weight excluding hydrogens is 340 g/mol. The lowest BCUT2D eigenvalue weighted by Crippen LogP contribution is -2.38. The van der Waals surface area contributed by atoms with Gasteiger partial charge in [-0.25, -0.2) is 4.79 Å². The Kier molecular flexibility index (Phi) is 6.72. The molecule has 2 aliphatic rings. The van der Waals surface area contributed by atoms with E-state index in [4.69, 9.17) is 0 Å². The molecule has 148 valence electrons. The summed E-state index contributed by atoms with van der Waals surface area (Å²) in [6, 6.07) is 7.68. The maximum Gasteiger partial charge on any atom is 0.321 e. The summed E-state index contributed by atoms with van der Waals surface area (Å²) in [4.78, 5) is 30.7. The summed E-state index contributed by atoms with van der Waals surface area (Å²) in [6.45, 7) is 5.97. The molecule has 27 heavy (non-hydrogen) atoms. The van der Waals surface area contributed by atoms with Crippen molar-refractivity contribution in [2.75, 3.05) is 43.4 Å². The van der Waals surface area contributed by atoms with Gasteiger partial charge in [0.05, 0.1) is 0 Å². The average molecular weight is 373 g/mol. The van der Waals surface area contributed by atoms with Gasteiger partial charge in [-0.05, 0) is 57.5 Å². The van der Waals surface area contributed by atoms with Gasteiger partial charge in [0.1, 0.15) is 0 Å². The molecule has 0 saturated carbocycles. The minimum Gasteiger partial charge on any atom is -0.326 e. The third kappa shape index (κ3) is 5.22. The quantitative estimate of drug-likeness (QED) is 0.860. The summed E-state index contributed by atoms with van der Waals surface area (Å²) in [5, 5.41) is 2.97. The van der Waals surface area contributed by atoms with Crippen molar-refractivity contribution in [3.05, 3.63) is 24.3 Å². The molecule has 2 saturated heterocycles. The molecule has 0 bridgehead atoms. The number of urea groups is 1. The van der Waals surface area contributed by atoms with Crippen LogP contribution in [-0.2, 0) is 4.79 Å². The molecular formula is C21H32N4O2. The number of anilines is 2. The summed E-state index contributed by atoms with van der Waals surface area (Å²) < 4.78 is 0. The van der Waals surface area contributed by atoms with E-state index >= 15 is 0 Å². The van der Waals surface area contributed by atoms with Crippen molar-refractivity contribution in [2.24, 2.45) is 0 Å². The van der Waals surface area contributed by atoms with Crippen molar-refractivity contribution in [2.45, 2.75) is 51.5 Å². The van der Waals surface area contributed by atoms with Crippen LogP contribution in [0.3, 0.4) is 0 Å². The van der Waals surface area contributed by atoms with Gasteiger partial charge < -0.3 is 20.0 Å². The highest BCUT2D eigenvalue weighted by atomic mass is 16.2. The van der Waals surface area contributed by atoms with Crippen molar-refractivity contribution < 1.29 is 9.59 Å². The molecule has 6 nitrogen and oxygen atoms in total. The van der Waals surface area contributed by atoms with Crippen LogP contribution < -0.4 is 10.2 Å². The van der Waals surface area contributed by atoms with E-state index in [1.165, 1.54) is 25.7 Å². The molecule has 2 fully saturated rings. The molecule has 0 spiro atoms. The van der Waals surface area contributed by atoms with E-state index in [0.717, 1.165) is 37.4 Å². The summed E-state index contributed by atoms with van der Waals surface area (Å²) in [6.07, 6.45) is 6.64. The second kappa shape index (κ2) is 9.22. The Morgan fingerprint density at radius 1 is 1.22 bits per heavy atom. The zero-order chi connectivity index (χ0) is 19.2. The van der Waals surface area contributed by atoms with E-state index in [0.29, 0.717) is 13.0 Å². The Bertz CT molecular complexity index is 655. The van der Waals surface area contributed by atoms with Gasteiger partial charge in [0.15, 0.2) is 0 Å². The van der Waals surface area contributed by atoms with E-state index < -0.39 is 0 Å². The number of amides is 3. The molecule has 3 amide bonds. The van der Waals surface area contributed by atoms with Gasteiger partial charge in [-0.2, -0.15) is 0 Å². The number of likely N-dealkylation sites (tertiary alicyclic amines) is 1. The number of rotatable bonds is 5. The van der Waals surface area contributed by atoms with Crippen molar-refractivity contribution in [3.63, 3.8) is 0 Å². The molecule has 0 radical (unpaired) electrons. The van der Waals surface area contributed by atoms with Crippen LogP contribution in [0.1, 0.15) is 45.4 Å². The maximum absolute atomic E-state index is 12.5. The van der Waals surface area contributed by atoms with Crippen LogP contribution in [0, 0.1) is 0 Å². The van der Waals surface area contributed by atoms with Crippen molar-refractivity contribution >= 4 is 23.3 Å². The van der Waals surface area contributed by atoms with E-state index in [-0.39, 0.29) is 18.0 Å². The van der Waals surface area contributed by atoms with Crippen LogP contribution in [0.15, 0.2) is 24.3 Å². The van der Waals surface area contributed by atoms with Crippen LogP contribution in [0.25, 0.3) is 0 Å². The van der Waals surface area contributed by atoms with E-state index in [2.05, 4.69) is 17.1 Å². The van der Waals surface area contributed by atoms with Crippen LogP contribution in [-0.4, -0.2) is 61.0 Å². The average Bonchev–Trinajstić information content (AvgIpc) is 2.85. The fourth-order valence-electron chi connectivity index (χ4n) is 3.93. The molecule has 1 atom stereocenters. The van der Waals surface area contributed by atoms with Gasteiger partial charge in [0.25, 0.3) is 0 Å². The molecule has 2 aliphatic heterocycles. The van der Waals surface area contributed by atoms with Crippen molar-refractivity contribution in [1.82, 2.24) is 9.80 Å². The molecule has 2 heterocycles. The second-order valence-electron chi connectivity index (χ2n) is 7.81. The monoisotopic (exact) mass is 372 g/mol. The Balaban J connectivity index is 1.54. The predicted octanol–water partition coefficient (Wildman–Crippen LogP) is 3.54. The van der Waals surface area contributed by atoms with E-state index in [9.17, 15) is 9.59 Å². The maximum atomic E-state index is 12.5. The number of nitrogens with zero attached hydrogens (tertiary/aromatic N) is 3. The number of hydrogen-bond donors (Lipinski definition) is 1. The minimum atomic E-state index is -0.109. The highest BCUT2D eigenvalue weighted by molar-refractivity contribution is 5.97. The smallest absolute Gasteiger partial charge is 0.321 e. The van der Waals surface area contributed by atoms with Gasteiger partial charge in [-0.15, -0.1) is 0 Å². The number of carbonyl (C=O) groups excluding carboxylic acids is 2. The lowest BCUT2D eigenvalue weighted by molar-refractivity contribution is -0.117. The molecule has 0 aliphatic carbocycles. The number of hydrogen-bond acceptors (Lipinski definition) is 3. The van der Waals surface area contributed by atoms with E-state index in [1.54, 1.807) is 4.90 Å². The molecule has 0 aromatic heterocycles. The van der Waals surface area contributed by atoms with Crippen LogP contribution in [0.2, 0.25) is 0 Å². The number of carbonyl (C=O) groups is 2. The minimum absolute atomic E-state index is 0.109. The van der Waals surface area contributed by atoms with Crippen LogP contribution in [0.4, 0.5) is 16.2 Å². The number of likely N-dealkylation sites (N-methyl/N-ethyl adjacent to an activating group) is 1. The second-order valence-corrected chi connectivity index (χ2v) is 7.81. The van der Waals surface area contributed by atoms with Gasteiger partial charge in [0.2, 0.25) is 5.91 Å². The fraction of sp³-hybridized carbons (Fsp3) is 0.619. The predicted molar refractivity (Wildman–Crippen MR) is 109 cm³/mol. The van der Waals surface area contributed by atoms with Gasteiger partial charge >= 0.3 is 6.03 Å². The van der Waals surface area contributed by atoms with E-state index in [1.807, 2.05) is 36.2 Å². The third-order valence-corrected chi connectivity index (χ3v) is 5.66. The summed E-state index contributed by atoms with van der Waals surface area (Å²) in [5.41, 5.74) is 1.58. The highest BCUT2D eigenvalue weighted by Crippen LogP contribution is 2.28. The normalized spacial score (nSPS) is 21.2. The zero-order valence-corrected chi connectivity index (χ0v) is 16.6. The first-order chi connectivity index (χ1) is 13.0. The fourth-order valence-corrected chi connectivity index (χ4v) is 3.93. The van der Waals surface area contributed by atoms with Crippen molar-refractivity contribution in [3.8, 4) is 0 Å². The first-order valence-electron chi connectivity index (χ1n) is 10.2. The summed E-state index contributed by atoms with van der Waals surface area (Å²) in [7, 11) is 1.84. The summed E-state index contributed by atoms with van der Waals surface area (Å²) in [5.74, 6) is 0.153. The lowest BCUT2D eigenvalue weighted by atomic mass is 10.2. The Hall–Kier alpha value is -2.08. The molecule has 0 unspecified atom stereocenters. The number of nitrogens with one attached hydrogen (secondary N) is 1. The molecule has 1 aromatic rings. The lowest BCUT2D eigenvalue weighted by Gasteiger charge is -2.25. The Morgan fingerprint density at radius 3 is 2.63 bits per heavy atom. The number of benzene rings is 1. The highest BCUT2D eigenvalue weighted by Gasteiger charge is 2.28. The summed E-state index contributed by atoms with van der Waals surface area (Å²) >= 11 is 0. The van der Waals surface area contributed by atoms with Gasteiger partial charge in [0, 0.05) is 44.0 Å². The van der Waals surface area contributed by atoms with Gasteiger partial charge in [-0.1, -0.05) is 18.9 Å². The Morgan fingerprint density at radius 2 is 1.96 bits per heavy atom. The van der Waals surface area contributed by atoms with Crippen LogP contribution >= 0.6 is 0 Å². The molecule has 6 heteroatoms. The zero-order valence-electron chi connectivity index (χ0n) is 16.6.